The number of rotatable bonds is 2. The van der Waals surface area contributed by atoms with Crippen molar-refractivity contribution in [3.8, 4) is 0 Å². The summed E-state index contributed by atoms with van der Waals surface area (Å²) >= 11 is 0. The number of aryl methyl sites for hydroxylation is 1. The van der Waals surface area contributed by atoms with Crippen molar-refractivity contribution in [2.24, 2.45) is 0 Å². The first-order valence-electron chi connectivity index (χ1n) is 5.12. The van der Waals surface area contributed by atoms with Gasteiger partial charge in [-0.15, -0.1) is 0 Å². The summed E-state index contributed by atoms with van der Waals surface area (Å²) in [5.41, 5.74) is 0.486. The number of halogens is 3. The van der Waals surface area contributed by atoms with Crippen molar-refractivity contribution in [1.29, 1.82) is 0 Å². The minimum atomic E-state index is -4.36. The third kappa shape index (κ3) is 2.00. The first kappa shape index (κ1) is 11.9. The molecule has 0 aliphatic heterocycles. The van der Waals surface area contributed by atoms with Gasteiger partial charge in [0.25, 0.3) is 0 Å². The van der Waals surface area contributed by atoms with Crippen LogP contribution in [0.15, 0.2) is 24.4 Å². The molecule has 0 aromatic carbocycles. The fourth-order valence-electron chi connectivity index (χ4n) is 1.89. The van der Waals surface area contributed by atoms with Crippen LogP contribution < -0.4 is 5.32 Å². The fourth-order valence-corrected chi connectivity index (χ4v) is 1.89. The summed E-state index contributed by atoms with van der Waals surface area (Å²) in [5.74, 6) is 0.542. The van der Waals surface area contributed by atoms with Crippen molar-refractivity contribution in [3.63, 3.8) is 0 Å². The number of pyridine rings is 1. The molecular weight excluding hydrogens is 231 g/mol. The summed E-state index contributed by atoms with van der Waals surface area (Å²) in [7, 11) is 1.28. The molecule has 0 fully saturated rings. The van der Waals surface area contributed by atoms with E-state index in [2.05, 4.69) is 10.3 Å². The SMILES string of the molecule is CNC(c1nc(C)n2ccccc12)C(F)(F)F. The zero-order valence-electron chi connectivity index (χ0n) is 9.42. The Hall–Kier alpha value is -1.56. The second kappa shape index (κ2) is 4.03. The first-order chi connectivity index (χ1) is 7.95. The second-order valence-electron chi connectivity index (χ2n) is 3.76. The van der Waals surface area contributed by atoms with Gasteiger partial charge in [0.1, 0.15) is 11.9 Å². The number of hydrogen-bond acceptors (Lipinski definition) is 2. The number of alkyl halides is 3. The highest BCUT2D eigenvalue weighted by Crippen LogP contribution is 2.33. The van der Waals surface area contributed by atoms with E-state index in [1.54, 1.807) is 35.7 Å². The van der Waals surface area contributed by atoms with Crippen LogP contribution in [-0.4, -0.2) is 22.6 Å². The molecule has 0 bridgehead atoms. The summed E-state index contributed by atoms with van der Waals surface area (Å²) in [4.78, 5) is 4.01. The molecule has 1 atom stereocenters. The first-order valence-corrected chi connectivity index (χ1v) is 5.12. The van der Waals surface area contributed by atoms with E-state index in [1.807, 2.05) is 0 Å². The number of aromatic nitrogens is 2. The Balaban J connectivity index is 2.62. The largest absolute Gasteiger partial charge is 0.409 e. The molecule has 0 saturated heterocycles. The number of nitrogens with one attached hydrogen (secondary N) is 1. The molecule has 2 aromatic heterocycles. The smallest absolute Gasteiger partial charge is 0.304 e. The second-order valence-corrected chi connectivity index (χ2v) is 3.76. The van der Waals surface area contributed by atoms with Crippen LogP contribution >= 0.6 is 0 Å². The van der Waals surface area contributed by atoms with E-state index in [1.165, 1.54) is 7.05 Å². The van der Waals surface area contributed by atoms with Crippen molar-refractivity contribution in [3.05, 3.63) is 35.9 Å². The zero-order chi connectivity index (χ0) is 12.6. The molecule has 2 aromatic rings. The van der Waals surface area contributed by atoms with Crippen LogP contribution in [0.5, 0.6) is 0 Å². The lowest BCUT2D eigenvalue weighted by Gasteiger charge is -2.17. The van der Waals surface area contributed by atoms with Gasteiger partial charge in [-0.25, -0.2) is 4.98 Å². The number of hydrogen-bond donors (Lipinski definition) is 1. The lowest BCUT2D eigenvalue weighted by molar-refractivity contribution is -0.156. The van der Waals surface area contributed by atoms with E-state index in [-0.39, 0.29) is 5.69 Å². The van der Waals surface area contributed by atoms with Gasteiger partial charge in [-0.2, -0.15) is 13.2 Å². The van der Waals surface area contributed by atoms with Crippen LogP contribution in [0.4, 0.5) is 13.2 Å². The summed E-state index contributed by atoms with van der Waals surface area (Å²) < 4.78 is 40.1. The Morgan fingerprint density at radius 3 is 2.65 bits per heavy atom. The summed E-state index contributed by atoms with van der Waals surface area (Å²) in [6, 6.07) is 3.34. The molecule has 1 N–H and O–H groups in total. The number of imidazole rings is 1. The Morgan fingerprint density at radius 2 is 2.06 bits per heavy atom. The van der Waals surface area contributed by atoms with Gasteiger partial charge < -0.3 is 9.72 Å². The van der Waals surface area contributed by atoms with Crippen molar-refractivity contribution in [2.75, 3.05) is 7.05 Å². The molecule has 2 rings (SSSR count). The van der Waals surface area contributed by atoms with Gasteiger partial charge in [0.15, 0.2) is 0 Å². The molecule has 0 aliphatic carbocycles. The number of fused-ring (bicyclic) bond motifs is 1. The van der Waals surface area contributed by atoms with Crippen molar-refractivity contribution in [1.82, 2.24) is 14.7 Å². The highest BCUT2D eigenvalue weighted by atomic mass is 19.4. The monoisotopic (exact) mass is 243 g/mol. The number of nitrogens with zero attached hydrogens (tertiary/aromatic N) is 2. The molecule has 0 amide bonds. The Morgan fingerprint density at radius 1 is 1.35 bits per heavy atom. The molecule has 0 aliphatic rings. The van der Waals surface area contributed by atoms with Gasteiger partial charge in [-0.1, -0.05) is 6.07 Å². The lowest BCUT2D eigenvalue weighted by atomic mass is 10.2. The quantitative estimate of drug-likeness (QED) is 0.878. The zero-order valence-corrected chi connectivity index (χ0v) is 9.42. The van der Waals surface area contributed by atoms with Crippen LogP contribution in [0.25, 0.3) is 5.52 Å². The van der Waals surface area contributed by atoms with Crippen molar-refractivity contribution < 1.29 is 13.2 Å². The van der Waals surface area contributed by atoms with Crippen LogP contribution in [0.1, 0.15) is 17.6 Å². The van der Waals surface area contributed by atoms with Crippen LogP contribution in [0, 0.1) is 6.92 Å². The average Bonchev–Trinajstić information content (AvgIpc) is 2.56. The van der Waals surface area contributed by atoms with E-state index in [4.69, 9.17) is 0 Å². The normalized spacial score (nSPS) is 14.2. The van der Waals surface area contributed by atoms with Gasteiger partial charge in [0, 0.05) is 6.20 Å². The van der Waals surface area contributed by atoms with Gasteiger partial charge >= 0.3 is 6.18 Å². The van der Waals surface area contributed by atoms with Gasteiger partial charge in [0.05, 0.1) is 11.2 Å². The predicted octanol–water partition coefficient (Wildman–Crippen LogP) is 2.47. The van der Waals surface area contributed by atoms with Crippen molar-refractivity contribution >= 4 is 5.52 Å². The third-order valence-corrected chi connectivity index (χ3v) is 2.64. The standard InChI is InChI=1S/C11H12F3N3/c1-7-16-9(10(15-2)11(12,13)14)8-5-3-4-6-17(7)8/h3-6,10,15H,1-2H3. The molecule has 0 spiro atoms. The van der Waals surface area contributed by atoms with Crippen LogP contribution in [-0.2, 0) is 0 Å². The van der Waals surface area contributed by atoms with Gasteiger partial charge in [-0.05, 0) is 26.1 Å². The molecular formula is C11H12F3N3. The highest BCUT2D eigenvalue weighted by Gasteiger charge is 2.42. The highest BCUT2D eigenvalue weighted by molar-refractivity contribution is 5.54. The maximum Gasteiger partial charge on any atom is 0.409 e. The van der Waals surface area contributed by atoms with Crippen molar-refractivity contribution in [2.45, 2.75) is 19.1 Å². The topological polar surface area (TPSA) is 29.3 Å². The van der Waals surface area contributed by atoms with Gasteiger partial charge in [0.2, 0.25) is 0 Å². The summed E-state index contributed by atoms with van der Waals surface area (Å²) in [6.45, 7) is 1.68. The van der Waals surface area contributed by atoms with E-state index < -0.39 is 12.2 Å². The molecule has 2 heterocycles. The lowest BCUT2D eigenvalue weighted by Crippen LogP contribution is -2.32. The summed E-state index contributed by atoms with van der Waals surface area (Å²) in [6.07, 6.45) is -2.66. The predicted molar refractivity (Wildman–Crippen MR) is 57.8 cm³/mol. The van der Waals surface area contributed by atoms with Crippen LogP contribution in [0.2, 0.25) is 0 Å². The Bertz CT molecular complexity index is 530. The van der Waals surface area contributed by atoms with Gasteiger partial charge in [-0.3, -0.25) is 0 Å². The van der Waals surface area contributed by atoms with E-state index in [0.29, 0.717) is 11.3 Å². The van der Waals surface area contributed by atoms with E-state index in [9.17, 15) is 13.2 Å². The molecule has 3 nitrogen and oxygen atoms in total. The molecule has 1 unspecified atom stereocenters. The minimum Gasteiger partial charge on any atom is -0.304 e. The Labute approximate surface area is 96.3 Å². The molecule has 6 heteroatoms. The average molecular weight is 243 g/mol. The molecule has 17 heavy (non-hydrogen) atoms. The Kier molecular flexibility index (Phi) is 2.82. The molecule has 92 valence electrons. The minimum absolute atomic E-state index is 0.0121. The third-order valence-electron chi connectivity index (χ3n) is 2.64. The van der Waals surface area contributed by atoms with Crippen LogP contribution in [0.3, 0.4) is 0 Å². The summed E-state index contributed by atoms with van der Waals surface area (Å²) in [5, 5.41) is 2.26. The van der Waals surface area contributed by atoms with E-state index in [0.717, 1.165) is 0 Å². The van der Waals surface area contributed by atoms with E-state index >= 15 is 0 Å². The maximum absolute atomic E-state index is 12.8. The maximum atomic E-state index is 12.8. The fraction of sp³-hybridized carbons (Fsp3) is 0.364. The molecule has 0 radical (unpaired) electrons. The molecule has 0 saturated carbocycles.